The van der Waals surface area contributed by atoms with Crippen molar-refractivity contribution < 1.29 is 4.79 Å². The van der Waals surface area contributed by atoms with E-state index in [4.69, 9.17) is 0 Å². The van der Waals surface area contributed by atoms with E-state index in [1.165, 1.54) is 0 Å². The van der Waals surface area contributed by atoms with E-state index >= 15 is 0 Å². The minimum atomic E-state index is 0.0689. The number of pyridine rings is 1. The van der Waals surface area contributed by atoms with Crippen LogP contribution in [0.15, 0.2) is 24.5 Å². The number of rotatable bonds is 5. The fourth-order valence-corrected chi connectivity index (χ4v) is 1.50. The number of aromatic nitrogens is 1. The normalized spacial score (nSPS) is 12.5. The maximum absolute atomic E-state index is 11.9. The van der Waals surface area contributed by atoms with Gasteiger partial charge in [0.05, 0.1) is 12.6 Å². The molecule has 0 aliphatic carbocycles. The molecule has 1 aromatic rings. The number of hydrogen-bond acceptors (Lipinski definition) is 3. The first-order valence-corrected chi connectivity index (χ1v) is 5.91. The van der Waals surface area contributed by atoms with Crippen LogP contribution in [-0.2, 0) is 4.79 Å². The van der Waals surface area contributed by atoms with Crippen LogP contribution in [0.4, 0.5) is 0 Å². The zero-order valence-electron chi connectivity index (χ0n) is 11.0. The number of nitrogens with one attached hydrogen (secondary N) is 1. The standard InChI is InChI=1S/C13H21N3O/c1-10(2)15-9-13(17)16(4)11(3)12-5-7-14-8-6-12/h5-8,10-11,15H,9H2,1-4H3. The Hall–Kier alpha value is -1.42. The Labute approximate surface area is 103 Å². The van der Waals surface area contributed by atoms with Crippen molar-refractivity contribution in [2.45, 2.75) is 32.9 Å². The van der Waals surface area contributed by atoms with Gasteiger partial charge in [0.25, 0.3) is 0 Å². The van der Waals surface area contributed by atoms with E-state index in [1.807, 2.05) is 40.0 Å². The van der Waals surface area contributed by atoms with Gasteiger partial charge in [0, 0.05) is 25.5 Å². The van der Waals surface area contributed by atoms with E-state index in [2.05, 4.69) is 10.3 Å². The zero-order valence-corrected chi connectivity index (χ0v) is 11.0. The smallest absolute Gasteiger partial charge is 0.236 e. The van der Waals surface area contributed by atoms with Gasteiger partial charge in [-0.25, -0.2) is 0 Å². The molecule has 0 aliphatic heterocycles. The van der Waals surface area contributed by atoms with Crippen LogP contribution >= 0.6 is 0 Å². The molecule has 1 aromatic heterocycles. The highest BCUT2D eigenvalue weighted by Gasteiger charge is 2.16. The third-order valence-corrected chi connectivity index (χ3v) is 2.82. The molecule has 0 radical (unpaired) electrons. The van der Waals surface area contributed by atoms with E-state index in [0.717, 1.165) is 5.56 Å². The van der Waals surface area contributed by atoms with Crippen molar-refractivity contribution in [3.63, 3.8) is 0 Å². The summed E-state index contributed by atoms with van der Waals surface area (Å²) in [4.78, 5) is 17.6. The van der Waals surface area contributed by atoms with Crippen molar-refractivity contribution >= 4 is 5.91 Å². The highest BCUT2D eigenvalue weighted by atomic mass is 16.2. The van der Waals surface area contributed by atoms with Crippen LogP contribution in [0.2, 0.25) is 0 Å². The van der Waals surface area contributed by atoms with E-state index in [9.17, 15) is 4.79 Å². The lowest BCUT2D eigenvalue weighted by atomic mass is 10.1. The fraction of sp³-hybridized carbons (Fsp3) is 0.538. The molecule has 0 saturated heterocycles. The molecule has 0 aromatic carbocycles. The topological polar surface area (TPSA) is 45.2 Å². The van der Waals surface area contributed by atoms with Gasteiger partial charge < -0.3 is 10.2 Å². The van der Waals surface area contributed by atoms with E-state index in [1.54, 1.807) is 17.3 Å². The summed E-state index contributed by atoms with van der Waals surface area (Å²) in [5.41, 5.74) is 1.10. The van der Waals surface area contributed by atoms with Crippen molar-refractivity contribution in [2.75, 3.05) is 13.6 Å². The van der Waals surface area contributed by atoms with Gasteiger partial charge in [-0.05, 0) is 24.6 Å². The summed E-state index contributed by atoms with van der Waals surface area (Å²) in [7, 11) is 1.83. The first-order valence-electron chi connectivity index (χ1n) is 5.91. The molecule has 94 valence electrons. The summed E-state index contributed by atoms with van der Waals surface area (Å²) in [6.07, 6.45) is 3.49. The molecule has 1 rings (SSSR count). The van der Waals surface area contributed by atoms with Crippen LogP contribution in [0.5, 0.6) is 0 Å². The molecule has 0 fully saturated rings. The Kier molecular flexibility index (Phi) is 5.10. The van der Waals surface area contributed by atoms with Crippen molar-refractivity contribution in [3.05, 3.63) is 30.1 Å². The largest absolute Gasteiger partial charge is 0.338 e. The first-order chi connectivity index (χ1) is 8.02. The summed E-state index contributed by atoms with van der Waals surface area (Å²) >= 11 is 0. The molecule has 4 heteroatoms. The minimum Gasteiger partial charge on any atom is -0.338 e. The number of nitrogens with zero attached hydrogens (tertiary/aromatic N) is 2. The van der Waals surface area contributed by atoms with Crippen molar-refractivity contribution in [1.29, 1.82) is 0 Å². The monoisotopic (exact) mass is 235 g/mol. The number of amides is 1. The predicted octanol–water partition coefficient (Wildman–Crippen LogP) is 1.60. The third-order valence-electron chi connectivity index (χ3n) is 2.82. The van der Waals surface area contributed by atoms with Crippen LogP contribution in [0.3, 0.4) is 0 Å². The molecule has 0 aliphatic rings. The van der Waals surface area contributed by atoms with Crippen molar-refractivity contribution in [2.24, 2.45) is 0 Å². The fourth-order valence-electron chi connectivity index (χ4n) is 1.50. The van der Waals surface area contributed by atoms with Gasteiger partial charge in [0.2, 0.25) is 5.91 Å². The van der Waals surface area contributed by atoms with Gasteiger partial charge in [-0.3, -0.25) is 9.78 Å². The van der Waals surface area contributed by atoms with Crippen LogP contribution in [0.1, 0.15) is 32.4 Å². The lowest BCUT2D eigenvalue weighted by Crippen LogP contribution is -2.39. The molecule has 4 nitrogen and oxygen atoms in total. The third kappa shape index (κ3) is 4.15. The molecular formula is C13H21N3O. The van der Waals surface area contributed by atoms with Crippen molar-refractivity contribution in [3.8, 4) is 0 Å². The molecule has 0 bridgehead atoms. The van der Waals surface area contributed by atoms with Gasteiger partial charge in [-0.2, -0.15) is 0 Å². The number of carbonyl (C=O) groups excluding carboxylic acids is 1. The summed E-state index contributed by atoms with van der Waals surface area (Å²) < 4.78 is 0. The summed E-state index contributed by atoms with van der Waals surface area (Å²) in [5, 5.41) is 3.13. The highest BCUT2D eigenvalue weighted by Crippen LogP contribution is 2.17. The first kappa shape index (κ1) is 13.6. The molecule has 0 saturated carbocycles. The number of likely N-dealkylation sites (N-methyl/N-ethyl adjacent to an activating group) is 1. The van der Waals surface area contributed by atoms with Crippen LogP contribution in [-0.4, -0.2) is 35.4 Å². The van der Waals surface area contributed by atoms with Gasteiger partial charge in [-0.1, -0.05) is 13.8 Å². The number of carbonyl (C=O) groups is 1. The Morgan fingerprint density at radius 2 is 1.94 bits per heavy atom. The van der Waals surface area contributed by atoms with Gasteiger partial charge in [0.1, 0.15) is 0 Å². The molecule has 1 unspecified atom stereocenters. The SMILES string of the molecule is CC(C)NCC(=O)N(C)C(C)c1ccncc1. The van der Waals surface area contributed by atoms with Crippen LogP contribution < -0.4 is 5.32 Å². The number of hydrogen-bond donors (Lipinski definition) is 1. The molecule has 17 heavy (non-hydrogen) atoms. The molecule has 1 heterocycles. The van der Waals surface area contributed by atoms with E-state index in [0.29, 0.717) is 12.6 Å². The maximum Gasteiger partial charge on any atom is 0.236 e. The lowest BCUT2D eigenvalue weighted by Gasteiger charge is -2.25. The molecular weight excluding hydrogens is 214 g/mol. The average Bonchev–Trinajstić information content (AvgIpc) is 2.35. The lowest BCUT2D eigenvalue weighted by molar-refractivity contribution is -0.130. The van der Waals surface area contributed by atoms with Crippen LogP contribution in [0, 0.1) is 0 Å². The Bertz CT molecular complexity index is 351. The van der Waals surface area contributed by atoms with Crippen LogP contribution in [0.25, 0.3) is 0 Å². The summed E-state index contributed by atoms with van der Waals surface area (Å²) in [6, 6.07) is 4.26. The van der Waals surface area contributed by atoms with Gasteiger partial charge in [-0.15, -0.1) is 0 Å². The van der Waals surface area contributed by atoms with Gasteiger partial charge in [0.15, 0.2) is 0 Å². The van der Waals surface area contributed by atoms with E-state index in [-0.39, 0.29) is 11.9 Å². The minimum absolute atomic E-state index is 0.0689. The second kappa shape index (κ2) is 6.35. The Morgan fingerprint density at radius 3 is 2.47 bits per heavy atom. The second-order valence-electron chi connectivity index (χ2n) is 4.50. The Morgan fingerprint density at radius 1 is 1.35 bits per heavy atom. The van der Waals surface area contributed by atoms with Crippen molar-refractivity contribution in [1.82, 2.24) is 15.2 Å². The molecule has 0 spiro atoms. The zero-order chi connectivity index (χ0) is 12.8. The molecule has 1 atom stereocenters. The second-order valence-corrected chi connectivity index (χ2v) is 4.50. The molecule has 1 N–H and O–H groups in total. The summed E-state index contributed by atoms with van der Waals surface area (Å²) in [6.45, 7) is 6.45. The van der Waals surface area contributed by atoms with E-state index < -0.39 is 0 Å². The predicted molar refractivity (Wildman–Crippen MR) is 68.6 cm³/mol. The molecule has 1 amide bonds. The summed E-state index contributed by atoms with van der Waals surface area (Å²) in [5.74, 6) is 0.100. The quantitative estimate of drug-likeness (QED) is 0.843. The highest BCUT2D eigenvalue weighted by molar-refractivity contribution is 5.78. The maximum atomic E-state index is 11.9. The Balaban J connectivity index is 2.57. The average molecular weight is 235 g/mol. The van der Waals surface area contributed by atoms with Gasteiger partial charge >= 0.3 is 0 Å².